The molecule has 5 nitrogen and oxygen atoms in total. The van der Waals surface area contributed by atoms with Crippen molar-refractivity contribution in [3.8, 4) is 0 Å². The van der Waals surface area contributed by atoms with Gasteiger partial charge in [-0.2, -0.15) is 0 Å². The lowest BCUT2D eigenvalue weighted by Gasteiger charge is -2.23. The van der Waals surface area contributed by atoms with Gasteiger partial charge in [-0.3, -0.25) is 14.5 Å². The molecule has 0 saturated heterocycles. The van der Waals surface area contributed by atoms with Crippen LogP contribution in [0.1, 0.15) is 39.2 Å². The molecule has 0 aliphatic heterocycles. The Balaban J connectivity index is 2.32. The molecule has 0 heterocycles. The van der Waals surface area contributed by atoms with E-state index >= 15 is 0 Å². The van der Waals surface area contributed by atoms with Crippen LogP contribution in [0.25, 0.3) is 0 Å². The largest absolute Gasteiger partial charge is 0.354 e. The molecule has 0 aromatic heterocycles. The Morgan fingerprint density at radius 3 is 2.22 bits per heavy atom. The van der Waals surface area contributed by atoms with E-state index in [9.17, 15) is 9.59 Å². The highest BCUT2D eigenvalue weighted by Gasteiger charge is 2.16. The first-order chi connectivity index (χ1) is 10.7. The van der Waals surface area contributed by atoms with Crippen molar-refractivity contribution < 1.29 is 9.59 Å². The number of hydrogen-bond donors (Lipinski definition) is 2. The summed E-state index contributed by atoms with van der Waals surface area (Å²) in [5.74, 6) is 0.110. The fourth-order valence-corrected chi connectivity index (χ4v) is 2.23. The molecule has 0 bridgehead atoms. The minimum atomic E-state index is -0.259. The number of benzene rings is 1. The molecule has 0 fully saturated rings. The van der Waals surface area contributed by atoms with Crippen LogP contribution in [0, 0.1) is 0 Å². The molecule has 0 aliphatic rings. The van der Waals surface area contributed by atoms with E-state index in [1.807, 2.05) is 39.0 Å². The molecule has 5 heteroatoms. The molecule has 128 valence electrons. The molecule has 0 unspecified atom stereocenters. The summed E-state index contributed by atoms with van der Waals surface area (Å²) in [5, 5.41) is 5.80. The zero-order valence-electron chi connectivity index (χ0n) is 14.8. The highest BCUT2D eigenvalue weighted by atomic mass is 16.2. The monoisotopic (exact) mass is 319 g/mol. The molecule has 0 saturated carbocycles. The van der Waals surface area contributed by atoms with E-state index in [1.165, 1.54) is 5.56 Å². The van der Waals surface area contributed by atoms with Crippen LogP contribution in [0.5, 0.6) is 0 Å². The second-order valence-corrected chi connectivity index (χ2v) is 7.09. The lowest BCUT2D eigenvalue weighted by atomic mass is 10.0. The van der Waals surface area contributed by atoms with Crippen molar-refractivity contribution >= 4 is 11.8 Å². The third kappa shape index (κ3) is 8.35. The lowest BCUT2D eigenvalue weighted by Crippen LogP contribution is -2.47. The summed E-state index contributed by atoms with van der Waals surface area (Å²) in [7, 11) is 1.77. The van der Waals surface area contributed by atoms with Crippen molar-refractivity contribution in [1.82, 2.24) is 15.5 Å². The van der Waals surface area contributed by atoms with Crippen LogP contribution in [0.4, 0.5) is 0 Å². The van der Waals surface area contributed by atoms with Crippen molar-refractivity contribution in [2.45, 2.75) is 39.2 Å². The number of nitrogens with one attached hydrogen (secondary N) is 2. The number of likely N-dealkylation sites (N-methyl/N-ethyl adjacent to an activating group) is 1. The van der Waals surface area contributed by atoms with E-state index in [4.69, 9.17) is 0 Å². The highest BCUT2D eigenvalue weighted by molar-refractivity contribution is 5.81. The summed E-state index contributed by atoms with van der Waals surface area (Å²) in [5.41, 5.74) is 0.941. The Hall–Kier alpha value is -1.88. The van der Waals surface area contributed by atoms with Gasteiger partial charge in [0.15, 0.2) is 0 Å². The second-order valence-electron chi connectivity index (χ2n) is 7.09. The minimum absolute atomic E-state index is 0.0705. The molecule has 2 amide bonds. The van der Waals surface area contributed by atoms with E-state index in [-0.39, 0.29) is 36.4 Å². The van der Waals surface area contributed by atoms with Crippen LogP contribution in [0.3, 0.4) is 0 Å². The van der Waals surface area contributed by atoms with E-state index in [2.05, 4.69) is 29.7 Å². The van der Waals surface area contributed by atoms with Crippen LogP contribution < -0.4 is 10.6 Å². The maximum Gasteiger partial charge on any atom is 0.234 e. The second kappa shape index (κ2) is 8.67. The summed E-state index contributed by atoms with van der Waals surface area (Å²) >= 11 is 0. The number of hydrogen-bond acceptors (Lipinski definition) is 3. The molecule has 1 aromatic carbocycles. The first-order valence-electron chi connectivity index (χ1n) is 7.98. The summed E-state index contributed by atoms with van der Waals surface area (Å²) in [4.78, 5) is 25.5. The number of carbonyl (C=O) groups excluding carboxylic acids is 2. The number of carbonyl (C=O) groups is 2. The van der Waals surface area contributed by atoms with Crippen molar-refractivity contribution in [3.05, 3.63) is 35.9 Å². The summed E-state index contributed by atoms with van der Waals surface area (Å²) < 4.78 is 0. The lowest BCUT2D eigenvalue weighted by molar-refractivity contribution is -0.125. The van der Waals surface area contributed by atoms with Crippen LogP contribution in [0.2, 0.25) is 0 Å². The molecule has 0 spiro atoms. The zero-order valence-corrected chi connectivity index (χ0v) is 14.8. The van der Waals surface area contributed by atoms with Gasteiger partial charge in [0, 0.05) is 12.1 Å². The van der Waals surface area contributed by atoms with Crippen molar-refractivity contribution in [2.75, 3.05) is 26.7 Å². The first kappa shape index (κ1) is 19.2. The molecule has 0 aliphatic carbocycles. The molecule has 1 atom stereocenters. The normalized spacial score (nSPS) is 12.8. The van der Waals surface area contributed by atoms with Gasteiger partial charge in [-0.15, -0.1) is 0 Å². The van der Waals surface area contributed by atoms with Crippen molar-refractivity contribution in [2.24, 2.45) is 0 Å². The van der Waals surface area contributed by atoms with E-state index in [0.29, 0.717) is 6.54 Å². The fraction of sp³-hybridized carbons (Fsp3) is 0.556. The Morgan fingerprint density at radius 1 is 1.09 bits per heavy atom. The minimum Gasteiger partial charge on any atom is -0.354 e. The van der Waals surface area contributed by atoms with Gasteiger partial charge in [0.25, 0.3) is 0 Å². The SMILES string of the molecule is C[C@@H](CNC(=O)CN(C)CC(=O)NC(C)(C)C)c1ccccc1. The molecular formula is C18H29N3O2. The van der Waals surface area contributed by atoms with Gasteiger partial charge in [-0.25, -0.2) is 0 Å². The van der Waals surface area contributed by atoms with Crippen molar-refractivity contribution in [3.63, 3.8) is 0 Å². The standard InChI is InChI=1S/C18H29N3O2/c1-14(15-9-7-6-8-10-15)11-19-16(22)12-21(5)13-17(23)20-18(2,3)4/h6-10,14H,11-13H2,1-5H3,(H,19,22)(H,20,23)/t14-/m0/s1. The van der Waals surface area contributed by atoms with Gasteiger partial charge in [-0.1, -0.05) is 37.3 Å². The van der Waals surface area contributed by atoms with E-state index in [1.54, 1.807) is 11.9 Å². The first-order valence-corrected chi connectivity index (χ1v) is 7.98. The topological polar surface area (TPSA) is 61.4 Å². The van der Waals surface area contributed by atoms with Gasteiger partial charge in [-0.05, 0) is 39.3 Å². The van der Waals surface area contributed by atoms with Crippen LogP contribution in [-0.4, -0.2) is 48.9 Å². The summed E-state index contributed by atoms with van der Waals surface area (Å²) in [6.45, 7) is 8.88. The van der Waals surface area contributed by atoms with Gasteiger partial charge in [0.05, 0.1) is 13.1 Å². The quantitative estimate of drug-likeness (QED) is 0.805. The number of amides is 2. The van der Waals surface area contributed by atoms with E-state index in [0.717, 1.165) is 0 Å². The Bertz CT molecular complexity index is 509. The maximum absolute atomic E-state index is 12.0. The predicted molar refractivity (Wildman–Crippen MR) is 93.3 cm³/mol. The van der Waals surface area contributed by atoms with Crippen LogP contribution in [0.15, 0.2) is 30.3 Å². The molecule has 1 rings (SSSR count). The highest BCUT2D eigenvalue weighted by Crippen LogP contribution is 2.12. The molecule has 0 radical (unpaired) electrons. The predicted octanol–water partition coefficient (Wildman–Crippen LogP) is 1.75. The average molecular weight is 319 g/mol. The van der Waals surface area contributed by atoms with Gasteiger partial charge in [0.1, 0.15) is 0 Å². The zero-order chi connectivity index (χ0) is 17.5. The maximum atomic E-state index is 12.0. The van der Waals surface area contributed by atoms with E-state index < -0.39 is 0 Å². The Labute approximate surface area is 139 Å². The van der Waals surface area contributed by atoms with Gasteiger partial charge < -0.3 is 10.6 Å². The van der Waals surface area contributed by atoms with Crippen LogP contribution in [-0.2, 0) is 9.59 Å². The Kier molecular flexibility index (Phi) is 7.23. The molecule has 23 heavy (non-hydrogen) atoms. The summed E-state index contributed by atoms with van der Waals surface area (Å²) in [6.07, 6.45) is 0. The molecule has 2 N–H and O–H groups in total. The smallest absolute Gasteiger partial charge is 0.234 e. The Morgan fingerprint density at radius 2 is 1.65 bits per heavy atom. The molecular weight excluding hydrogens is 290 g/mol. The van der Waals surface area contributed by atoms with Crippen molar-refractivity contribution in [1.29, 1.82) is 0 Å². The van der Waals surface area contributed by atoms with Gasteiger partial charge in [0.2, 0.25) is 11.8 Å². The third-order valence-electron chi connectivity index (χ3n) is 3.32. The number of rotatable bonds is 7. The average Bonchev–Trinajstić information content (AvgIpc) is 2.43. The third-order valence-corrected chi connectivity index (χ3v) is 3.32. The molecule has 1 aromatic rings. The summed E-state index contributed by atoms with van der Waals surface area (Å²) in [6, 6.07) is 10.1. The fourth-order valence-electron chi connectivity index (χ4n) is 2.23. The van der Waals surface area contributed by atoms with Crippen LogP contribution >= 0.6 is 0 Å². The number of nitrogens with zero attached hydrogens (tertiary/aromatic N) is 1. The van der Waals surface area contributed by atoms with Gasteiger partial charge >= 0.3 is 0 Å².